The second-order valence-electron chi connectivity index (χ2n) is 8.84. The fraction of sp³-hybridized carbons (Fsp3) is 0.241. The van der Waals surface area contributed by atoms with Gasteiger partial charge in [0.05, 0.1) is 25.8 Å². The van der Waals surface area contributed by atoms with Crippen molar-refractivity contribution in [1.82, 2.24) is 4.90 Å². The Kier molecular flexibility index (Phi) is 7.01. The standard InChI is InChI=1S/C29H29NO6/c1-17-5-6-18(2)22(15-17)27(32)25-26(20-8-10-21(31)11-9-20)30(29(34)28(25)33)14-13-19-7-12-23(35-3)24(16-19)36-4/h5-12,15-16,26,31-32H,13-14H2,1-4H3/b27-25+. The highest BCUT2D eigenvalue weighted by Crippen LogP contribution is 2.40. The zero-order valence-corrected chi connectivity index (χ0v) is 20.7. The number of likely N-dealkylation sites (tertiary alicyclic amines) is 1. The van der Waals surface area contributed by atoms with Crippen LogP contribution in [0.25, 0.3) is 5.76 Å². The van der Waals surface area contributed by atoms with Crippen LogP contribution in [0.2, 0.25) is 0 Å². The molecule has 1 heterocycles. The lowest BCUT2D eigenvalue weighted by molar-refractivity contribution is -0.139. The molecule has 0 saturated carbocycles. The van der Waals surface area contributed by atoms with Crippen molar-refractivity contribution < 1.29 is 29.3 Å². The fourth-order valence-electron chi connectivity index (χ4n) is 4.54. The SMILES string of the molecule is COc1ccc(CCN2C(=O)C(=O)/C(=C(/O)c3cc(C)ccc3C)C2c2ccc(O)cc2)cc1OC. The summed E-state index contributed by atoms with van der Waals surface area (Å²) in [5.74, 6) is -0.391. The number of Topliss-reactive ketones (excluding diaryl/α,β-unsaturated/α-hetero) is 1. The first kappa shape index (κ1) is 24.9. The first-order valence-electron chi connectivity index (χ1n) is 11.6. The number of ketones is 1. The van der Waals surface area contributed by atoms with Crippen LogP contribution in [0, 0.1) is 13.8 Å². The van der Waals surface area contributed by atoms with Gasteiger partial charge in [0.1, 0.15) is 11.5 Å². The third-order valence-corrected chi connectivity index (χ3v) is 6.49. The van der Waals surface area contributed by atoms with Crippen LogP contribution in [0.15, 0.2) is 66.2 Å². The molecule has 1 fully saturated rings. The van der Waals surface area contributed by atoms with Crippen molar-refractivity contribution in [1.29, 1.82) is 0 Å². The van der Waals surface area contributed by atoms with Gasteiger partial charge < -0.3 is 24.6 Å². The summed E-state index contributed by atoms with van der Waals surface area (Å²) in [6.07, 6.45) is 0.450. The molecule has 7 nitrogen and oxygen atoms in total. The van der Waals surface area contributed by atoms with Crippen molar-refractivity contribution in [3.8, 4) is 17.2 Å². The van der Waals surface area contributed by atoms with Crippen LogP contribution in [0.5, 0.6) is 17.2 Å². The number of hydrogen-bond donors (Lipinski definition) is 2. The maximum atomic E-state index is 13.3. The van der Waals surface area contributed by atoms with Crippen molar-refractivity contribution in [3.05, 3.63) is 94.1 Å². The smallest absolute Gasteiger partial charge is 0.295 e. The molecule has 0 aliphatic carbocycles. The lowest BCUT2D eigenvalue weighted by atomic mass is 9.93. The van der Waals surface area contributed by atoms with E-state index in [0.717, 1.165) is 16.7 Å². The molecule has 0 spiro atoms. The van der Waals surface area contributed by atoms with Gasteiger partial charge in [-0.25, -0.2) is 0 Å². The largest absolute Gasteiger partial charge is 0.508 e. The number of aliphatic hydroxyl groups excluding tert-OH is 1. The molecule has 2 N–H and O–H groups in total. The molecular weight excluding hydrogens is 458 g/mol. The Labute approximate surface area is 210 Å². The number of nitrogens with zero attached hydrogens (tertiary/aromatic N) is 1. The number of phenolic OH excluding ortho intramolecular Hbond substituents is 1. The number of carbonyl (C=O) groups is 2. The third-order valence-electron chi connectivity index (χ3n) is 6.49. The lowest BCUT2D eigenvalue weighted by Crippen LogP contribution is -2.31. The molecule has 0 bridgehead atoms. The van der Waals surface area contributed by atoms with E-state index in [1.165, 1.54) is 17.0 Å². The van der Waals surface area contributed by atoms with Crippen molar-refractivity contribution >= 4 is 17.4 Å². The van der Waals surface area contributed by atoms with Crippen LogP contribution in [0.1, 0.15) is 33.9 Å². The summed E-state index contributed by atoms with van der Waals surface area (Å²) in [5, 5.41) is 21.1. The van der Waals surface area contributed by atoms with E-state index < -0.39 is 17.7 Å². The Balaban J connectivity index is 1.77. The summed E-state index contributed by atoms with van der Waals surface area (Å²) in [6, 6.07) is 16.6. The molecular formula is C29H29NO6. The number of phenols is 1. The summed E-state index contributed by atoms with van der Waals surface area (Å²) in [5.41, 5.74) is 3.77. The van der Waals surface area contributed by atoms with E-state index in [9.17, 15) is 19.8 Å². The van der Waals surface area contributed by atoms with Gasteiger partial charge in [-0.15, -0.1) is 0 Å². The van der Waals surface area contributed by atoms with Gasteiger partial charge in [-0.1, -0.05) is 35.9 Å². The predicted molar refractivity (Wildman–Crippen MR) is 136 cm³/mol. The van der Waals surface area contributed by atoms with E-state index in [0.29, 0.717) is 29.0 Å². The third kappa shape index (κ3) is 4.64. The number of amides is 1. The number of rotatable bonds is 7. The second-order valence-corrected chi connectivity index (χ2v) is 8.84. The molecule has 186 valence electrons. The molecule has 7 heteroatoms. The molecule has 1 amide bonds. The Morgan fingerprint density at radius 3 is 2.28 bits per heavy atom. The van der Waals surface area contributed by atoms with Gasteiger partial charge in [0.25, 0.3) is 11.7 Å². The predicted octanol–water partition coefficient (Wildman–Crippen LogP) is 4.69. The summed E-state index contributed by atoms with van der Waals surface area (Å²) >= 11 is 0. The van der Waals surface area contributed by atoms with E-state index in [2.05, 4.69) is 0 Å². The Hall–Kier alpha value is -4.26. The highest BCUT2D eigenvalue weighted by Gasteiger charge is 2.46. The quantitative estimate of drug-likeness (QED) is 0.285. The number of hydrogen-bond acceptors (Lipinski definition) is 6. The number of methoxy groups -OCH3 is 2. The van der Waals surface area contributed by atoms with Crippen molar-refractivity contribution in [2.75, 3.05) is 20.8 Å². The first-order valence-corrected chi connectivity index (χ1v) is 11.6. The summed E-state index contributed by atoms with van der Waals surface area (Å²) in [6.45, 7) is 3.97. The maximum Gasteiger partial charge on any atom is 0.295 e. The van der Waals surface area contributed by atoms with E-state index in [1.807, 2.05) is 38.1 Å². The van der Waals surface area contributed by atoms with Crippen molar-refractivity contribution in [2.24, 2.45) is 0 Å². The van der Waals surface area contributed by atoms with E-state index in [1.54, 1.807) is 38.5 Å². The van der Waals surface area contributed by atoms with Gasteiger partial charge in [0.15, 0.2) is 11.5 Å². The van der Waals surface area contributed by atoms with Gasteiger partial charge >= 0.3 is 0 Å². The lowest BCUT2D eigenvalue weighted by Gasteiger charge is -2.25. The van der Waals surface area contributed by atoms with Gasteiger partial charge in [0.2, 0.25) is 0 Å². The Morgan fingerprint density at radius 1 is 0.917 bits per heavy atom. The van der Waals surface area contributed by atoms with Crippen molar-refractivity contribution in [3.63, 3.8) is 0 Å². The van der Waals surface area contributed by atoms with Gasteiger partial charge in [-0.05, 0) is 67.3 Å². The van der Waals surface area contributed by atoms with Gasteiger partial charge in [0, 0.05) is 12.1 Å². The molecule has 0 radical (unpaired) electrons. The summed E-state index contributed by atoms with van der Waals surface area (Å²) in [4.78, 5) is 28.0. The zero-order valence-electron chi connectivity index (χ0n) is 20.7. The van der Waals surface area contributed by atoms with E-state index in [4.69, 9.17) is 9.47 Å². The highest BCUT2D eigenvalue weighted by molar-refractivity contribution is 6.46. The van der Waals surface area contributed by atoms with Crippen LogP contribution in [0.4, 0.5) is 0 Å². The molecule has 4 rings (SSSR count). The maximum absolute atomic E-state index is 13.3. The molecule has 1 saturated heterocycles. The average molecular weight is 488 g/mol. The van der Waals surface area contributed by atoms with Crippen LogP contribution in [-0.2, 0) is 16.0 Å². The van der Waals surface area contributed by atoms with Crippen LogP contribution in [-0.4, -0.2) is 47.6 Å². The van der Waals surface area contributed by atoms with Crippen molar-refractivity contribution in [2.45, 2.75) is 26.3 Å². The molecule has 1 aliphatic heterocycles. The number of carbonyl (C=O) groups excluding carboxylic acids is 2. The zero-order chi connectivity index (χ0) is 26.0. The topological polar surface area (TPSA) is 96.3 Å². The minimum Gasteiger partial charge on any atom is -0.508 e. The van der Waals surface area contributed by atoms with Gasteiger partial charge in [-0.3, -0.25) is 9.59 Å². The van der Waals surface area contributed by atoms with E-state index in [-0.39, 0.29) is 23.6 Å². The summed E-state index contributed by atoms with van der Waals surface area (Å²) < 4.78 is 10.7. The number of benzene rings is 3. The Bertz CT molecular complexity index is 1340. The number of aromatic hydroxyl groups is 1. The monoisotopic (exact) mass is 487 g/mol. The normalized spacial score (nSPS) is 16.9. The highest BCUT2D eigenvalue weighted by atomic mass is 16.5. The minimum atomic E-state index is -0.800. The van der Waals surface area contributed by atoms with Crippen LogP contribution >= 0.6 is 0 Å². The molecule has 1 atom stereocenters. The summed E-state index contributed by atoms with van der Waals surface area (Å²) in [7, 11) is 3.11. The second kappa shape index (κ2) is 10.2. The first-order chi connectivity index (χ1) is 17.2. The van der Waals surface area contributed by atoms with E-state index >= 15 is 0 Å². The number of ether oxygens (including phenoxy) is 2. The molecule has 1 unspecified atom stereocenters. The fourth-order valence-corrected chi connectivity index (χ4v) is 4.54. The number of aliphatic hydroxyl groups is 1. The molecule has 36 heavy (non-hydrogen) atoms. The van der Waals surface area contributed by atoms with Crippen LogP contribution < -0.4 is 9.47 Å². The molecule has 3 aromatic carbocycles. The Morgan fingerprint density at radius 2 is 1.61 bits per heavy atom. The van der Waals surface area contributed by atoms with Crippen LogP contribution in [0.3, 0.4) is 0 Å². The molecule has 3 aromatic rings. The number of aryl methyl sites for hydroxylation is 2. The minimum absolute atomic E-state index is 0.0340. The average Bonchev–Trinajstić information content (AvgIpc) is 3.13. The molecule has 1 aliphatic rings. The molecule has 0 aromatic heterocycles. The van der Waals surface area contributed by atoms with Gasteiger partial charge in [-0.2, -0.15) is 0 Å².